The summed E-state index contributed by atoms with van der Waals surface area (Å²) in [6.07, 6.45) is -0.338. The van der Waals surface area contributed by atoms with Crippen molar-refractivity contribution in [1.82, 2.24) is 5.32 Å². The van der Waals surface area contributed by atoms with Crippen molar-refractivity contribution in [3.63, 3.8) is 0 Å². The Morgan fingerprint density at radius 2 is 1.23 bits per heavy atom. The topological polar surface area (TPSA) is 49.9 Å². The fourth-order valence-electron chi connectivity index (χ4n) is 7.77. The molecule has 1 unspecified atom stereocenters. The number of hydrogen-bond acceptors (Lipinski definition) is 5. The fraction of sp³-hybridized carbons (Fsp3) is 0.0213. The number of fused-ring (bicyclic) bond motifs is 9. The van der Waals surface area contributed by atoms with Crippen molar-refractivity contribution < 1.29 is 4.42 Å². The predicted molar refractivity (Wildman–Crippen MR) is 219 cm³/mol. The average Bonchev–Trinajstić information content (AvgIpc) is 3.78. The molecule has 0 bridgehead atoms. The zero-order valence-electron chi connectivity index (χ0n) is 27.9. The van der Waals surface area contributed by atoms with Gasteiger partial charge in [-0.25, -0.2) is 9.98 Å². The van der Waals surface area contributed by atoms with Gasteiger partial charge in [0.1, 0.15) is 23.2 Å². The van der Waals surface area contributed by atoms with E-state index in [1.54, 1.807) is 0 Å². The third kappa shape index (κ3) is 4.67. The molecule has 0 saturated carbocycles. The summed E-state index contributed by atoms with van der Waals surface area (Å²) in [5, 5.41) is 13.2. The number of benzene rings is 8. The van der Waals surface area contributed by atoms with Crippen LogP contribution in [0.3, 0.4) is 0 Å². The predicted octanol–water partition coefficient (Wildman–Crippen LogP) is 12.4. The van der Waals surface area contributed by atoms with Crippen LogP contribution in [0.2, 0.25) is 0 Å². The van der Waals surface area contributed by atoms with E-state index < -0.39 is 0 Å². The molecule has 0 saturated heterocycles. The van der Waals surface area contributed by atoms with Crippen LogP contribution < -0.4 is 5.32 Å². The van der Waals surface area contributed by atoms with Gasteiger partial charge < -0.3 is 9.73 Å². The Morgan fingerprint density at radius 3 is 2.13 bits per heavy atom. The number of aliphatic imine (C=N–C) groups is 2. The molecule has 8 aromatic carbocycles. The lowest BCUT2D eigenvalue weighted by Crippen LogP contribution is -2.33. The van der Waals surface area contributed by atoms with Crippen molar-refractivity contribution in [3.05, 3.63) is 180 Å². The van der Waals surface area contributed by atoms with Crippen LogP contribution in [0.1, 0.15) is 22.9 Å². The van der Waals surface area contributed by atoms with Gasteiger partial charge >= 0.3 is 0 Å². The molecule has 0 fully saturated rings. The van der Waals surface area contributed by atoms with Gasteiger partial charge in [-0.15, -0.1) is 11.3 Å². The Bertz CT molecular complexity index is 3120. The van der Waals surface area contributed by atoms with Gasteiger partial charge in [-0.05, 0) is 74.6 Å². The van der Waals surface area contributed by atoms with Gasteiger partial charge in [0, 0.05) is 42.1 Å². The lowest BCUT2D eigenvalue weighted by atomic mass is 9.98. The third-order valence-electron chi connectivity index (χ3n) is 10.3. The summed E-state index contributed by atoms with van der Waals surface area (Å²) in [6, 6.07) is 58.0. The lowest BCUT2D eigenvalue weighted by Gasteiger charge is -2.24. The second-order valence-electron chi connectivity index (χ2n) is 13.4. The molecule has 52 heavy (non-hydrogen) atoms. The first-order valence-corrected chi connectivity index (χ1v) is 18.3. The quantitative estimate of drug-likeness (QED) is 0.188. The Balaban J connectivity index is 1.05. The van der Waals surface area contributed by atoms with Crippen LogP contribution in [-0.4, -0.2) is 11.7 Å². The van der Waals surface area contributed by atoms with Crippen molar-refractivity contribution in [3.8, 4) is 11.1 Å². The molecule has 244 valence electrons. The standard InChI is InChI=1S/C47H29N3OS/c1-2-10-30(11-3-1)45-48-46(33-20-19-29-18-17-28-9-4-5-12-34(28)39(29)25-33)50-47(49-45)38-14-8-15-40-44(38)37-24-22-31(26-41(37)51-40)32-21-23-36-35-13-6-7-16-42(35)52-43(36)27-32/h1-27,46H,(H,48,49,50). The molecule has 0 spiro atoms. The second-order valence-corrected chi connectivity index (χ2v) is 14.5. The summed E-state index contributed by atoms with van der Waals surface area (Å²) in [7, 11) is 0. The van der Waals surface area contributed by atoms with Crippen molar-refractivity contribution in [2.45, 2.75) is 6.17 Å². The molecule has 0 aliphatic carbocycles. The highest BCUT2D eigenvalue weighted by Crippen LogP contribution is 2.39. The van der Waals surface area contributed by atoms with E-state index in [9.17, 15) is 0 Å². The minimum atomic E-state index is -0.338. The average molecular weight is 684 g/mol. The number of thiophene rings is 1. The molecule has 4 nitrogen and oxygen atoms in total. The van der Waals surface area contributed by atoms with Gasteiger partial charge in [-0.2, -0.15) is 0 Å². The monoisotopic (exact) mass is 683 g/mol. The zero-order valence-corrected chi connectivity index (χ0v) is 28.7. The molecule has 1 aliphatic heterocycles. The van der Waals surface area contributed by atoms with Crippen LogP contribution in [0.5, 0.6) is 0 Å². The molecule has 5 heteroatoms. The lowest BCUT2D eigenvalue weighted by molar-refractivity contribution is 0.668. The molecule has 1 atom stereocenters. The van der Waals surface area contributed by atoms with Gasteiger partial charge in [-0.1, -0.05) is 127 Å². The maximum Gasteiger partial charge on any atom is 0.160 e. The van der Waals surface area contributed by atoms with E-state index in [1.807, 2.05) is 41.7 Å². The molecule has 10 aromatic rings. The van der Waals surface area contributed by atoms with Crippen LogP contribution in [0, 0.1) is 0 Å². The van der Waals surface area contributed by atoms with E-state index in [0.717, 1.165) is 50.0 Å². The molecule has 1 aliphatic rings. The van der Waals surface area contributed by atoms with Gasteiger partial charge in [-0.3, -0.25) is 0 Å². The SMILES string of the molecule is c1ccc(C2=NC(c3cccc4oc5cc(-c6ccc7c(c6)sc6ccccc67)ccc5c34)=NC(c3ccc4ccc5ccccc5c4c3)N2)cc1. The first-order valence-electron chi connectivity index (χ1n) is 17.5. The maximum absolute atomic E-state index is 6.58. The Hall–Kier alpha value is -6.56. The van der Waals surface area contributed by atoms with Gasteiger partial charge in [0.2, 0.25) is 0 Å². The normalized spacial score (nSPS) is 14.7. The van der Waals surface area contributed by atoms with E-state index in [-0.39, 0.29) is 6.17 Å². The first-order chi connectivity index (χ1) is 25.7. The largest absolute Gasteiger partial charge is 0.456 e. The van der Waals surface area contributed by atoms with E-state index in [4.69, 9.17) is 14.4 Å². The van der Waals surface area contributed by atoms with Crippen molar-refractivity contribution >= 4 is 86.7 Å². The van der Waals surface area contributed by atoms with E-state index in [1.165, 1.54) is 47.3 Å². The third-order valence-corrected chi connectivity index (χ3v) is 11.5. The highest BCUT2D eigenvalue weighted by molar-refractivity contribution is 7.25. The molecular weight excluding hydrogens is 655 g/mol. The van der Waals surface area contributed by atoms with Crippen LogP contribution in [-0.2, 0) is 0 Å². The fourth-order valence-corrected chi connectivity index (χ4v) is 8.91. The highest BCUT2D eigenvalue weighted by Gasteiger charge is 2.24. The first kappa shape index (κ1) is 29.2. The summed E-state index contributed by atoms with van der Waals surface area (Å²) in [5.41, 5.74) is 6.99. The summed E-state index contributed by atoms with van der Waals surface area (Å²) >= 11 is 1.84. The van der Waals surface area contributed by atoms with Crippen LogP contribution in [0.15, 0.2) is 178 Å². The number of hydrogen-bond donors (Lipinski definition) is 1. The van der Waals surface area contributed by atoms with Gasteiger partial charge in [0.15, 0.2) is 5.84 Å². The number of amidine groups is 2. The summed E-state index contributed by atoms with van der Waals surface area (Å²) < 4.78 is 9.18. The van der Waals surface area contributed by atoms with E-state index in [0.29, 0.717) is 5.84 Å². The summed E-state index contributed by atoms with van der Waals surface area (Å²) in [6.45, 7) is 0. The highest BCUT2D eigenvalue weighted by atomic mass is 32.1. The summed E-state index contributed by atoms with van der Waals surface area (Å²) in [4.78, 5) is 10.5. The molecule has 3 heterocycles. The number of nitrogens with zero attached hydrogens (tertiary/aromatic N) is 2. The minimum Gasteiger partial charge on any atom is -0.456 e. The smallest absolute Gasteiger partial charge is 0.160 e. The molecule has 2 aromatic heterocycles. The van der Waals surface area contributed by atoms with Crippen LogP contribution >= 0.6 is 11.3 Å². The Morgan fingerprint density at radius 1 is 0.500 bits per heavy atom. The molecule has 0 amide bonds. The van der Waals surface area contributed by atoms with Crippen molar-refractivity contribution in [1.29, 1.82) is 0 Å². The van der Waals surface area contributed by atoms with Crippen molar-refractivity contribution in [2.24, 2.45) is 9.98 Å². The Kier molecular flexibility index (Phi) is 6.45. The van der Waals surface area contributed by atoms with E-state index >= 15 is 0 Å². The molecule has 11 rings (SSSR count). The second kappa shape index (κ2) is 11.5. The number of furan rings is 1. The van der Waals surface area contributed by atoms with Gasteiger partial charge in [0.25, 0.3) is 0 Å². The zero-order chi connectivity index (χ0) is 34.2. The van der Waals surface area contributed by atoms with Crippen LogP contribution in [0.25, 0.3) is 74.8 Å². The maximum atomic E-state index is 6.58. The molecular formula is C47H29N3OS. The molecule has 1 N–H and O–H groups in total. The molecule has 0 radical (unpaired) electrons. The number of rotatable bonds is 4. The van der Waals surface area contributed by atoms with Gasteiger partial charge in [0.05, 0.1) is 0 Å². The Labute approximate surface area is 303 Å². The van der Waals surface area contributed by atoms with Crippen molar-refractivity contribution in [2.75, 3.05) is 0 Å². The number of nitrogens with one attached hydrogen (secondary N) is 1. The summed E-state index contributed by atoms with van der Waals surface area (Å²) in [5.74, 6) is 1.46. The van der Waals surface area contributed by atoms with Crippen LogP contribution in [0.4, 0.5) is 0 Å². The minimum absolute atomic E-state index is 0.338. The van der Waals surface area contributed by atoms with E-state index in [2.05, 4.69) is 139 Å².